The Morgan fingerprint density at radius 1 is 1.12 bits per heavy atom. The van der Waals surface area contributed by atoms with Crippen molar-refractivity contribution in [1.82, 2.24) is 4.98 Å². The van der Waals surface area contributed by atoms with Crippen LogP contribution in [-0.2, 0) is 0 Å². The molecular formula is C19H18Cl2N2O. The molecule has 1 heterocycles. The van der Waals surface area contributed by atoms with Gasteiger partial charge in [0.05, 0.1) is 12.1 Å². The summed E-state index contributed by atoms with van der Waals surface area (Å²) in [6.45, 7) is 2.55. The third-order valence-electron chi connectivity index (χ3n) is 3.54. The van der Waals surface area contributed by atoms with E-state index in [2.05, 4.69) is 10.3 Å². The molecule has 0 aliphatic carbocycles. The largest absolute Gasteiger partial charge is 0.493 e. The number of rotatable bonds is 6. The first-order chi connectivity index (χ1) is 11.7. The summed E-state index contributed by atoms with van der Waals surface area (Å²) in [6, 6.07) is 15.7. The van der Waals surface area contributed by atoms with E-state index in [-0.39, 0.29) is 0 Å². The van der Waals surface area contributed by atoms with E-state index in [1.54, 1.807) is 6.07 Å². The van der Waals surface area contributed by atoms with E-state index in [9.17, 15) is 0 Å². The van der Waals surface area contributed by atoms with Crippen LogP contribution in [0.2, 0.25) is 5.02 Å². The van der Waals surface area contributed by atoms with Gasteiger partial charge in [0, 0.05) is 39.4 Å². The van der Waals surface area contributed by atoms with Crippen molar-refractivity contribution in [1.29, 1.82) is 0 Å². The molecule has 0 bridgehead atoms. The van der Waals surface area contributed by atoms with Crippen molar-refractivity contribution in [2.75, 3.05) is 17.8 Å². The molecule has 0 unspecified atom stereocenters. The minimum atomic E-state index is 0.570. The zero-order valence-electron chi connectivity index (χ0n) is 13.4. The molecule has 0 saturated carbocycles. The number of hydrogen-bond donors (Lipinski definition) is 1. The monoisotopic (exact) mass is 360 g/mol. The van der Waals surface area contributed by atoms with Gasteiger partial charge in [-0.25, -0.2) is 0 Å². The highest BCUT2D eigenvalue weighted by Gasteiger charge is 2.06. The first-order valence-corrected chi connectivity index (χ1v) is 8.70. The van der Waals surface area contributed by atoms with Gasteiger partial charge in [0.25, 0.3) is 0 Å². The second-order valence-electron chi connectivity index (χ2n) is 5.52. The van der Waals surface area contributed by atoms with E-state index >= 15 is 0 Å². The second kappa shape index (κ2) is 7.73. The minimum Gasteiger partial charge on any atom is -0.493 e. The van der Waals surface area contributed by atoms with Crippen LogP contribution in [0.5, 0.6) is 5.75 Å². The summed E-state index contributed by atoms with van der Waals surface area (Å²) < 4.78 is 5.70. The standard InChI is InChI=1S/C19H18Cl2N2O/c1-13-9-19(17-5-2-3-6-18(17)22-13)23-15-10-14(21)11-16(12-15)24-8-4-7-20/h2-3,5-6,9-12H,4,7-8H2,1H3,(H,22,23). The minimum absolute atomic E-state index is 0.570. The summed E-state index contributed by atoms with van der Waals surface area (Å²) >= 11 is 11.9. The van der Waals surface area contributed by atoms with Gasteiger partial charge in [-0.2, -0.15) is 0 Å². The fourth-order valence-electron chi connectivity index (χ4n) is 2.53. The van der Waals surface area contributed by atoms with Gasteiger partial charge in [0.15, 0.2) is 0 Å². The first kappa shape index (κ1) is 16.9. The topological polar surface area (TPSA) is 34.1 Å². The molecule has 0 aliphatic rings. The van der Waals surface area contributed by atoms with Crippen molar-refractivity contribution in [2.45, 2.75) is 13.3 Å². The molecule has 0 aliphatic heterocycles. The second-order valence-corrected chi connectivity index (χ2v) is 6.33. The van der Waals surface area contributed by atoms with E-state index in [1.165, 1.54) is 0 Å². The van der Waals surface area contributed by atoms with Gasteiger partial charge in [-0.3, -0.25) is 4.98 Å². The van der Waals surface area contributed by atoms with Crippen molar-refractivity contribution in [3.63, 3.8) is 0 Å². The fraction of sp³-hybridized carbons (Fsp3) is 0.211. The lowest BCUT2D eigenvalue weighted by Gasteiger charge is -2.13. The van der Waals surface area contributed by atoms with E-state index in [0.717, 1.165) is 40.1 Å². The van der Waals surface area contributed by atoms with Gasteiger partial charge < -0.3 is 10.1 Å². The Morgan fingerprint density at radius 3 is 2.79 bits per heavy atom. The summed E-state index contributed by atoms with van der Waals surface area (Å²) in [5.41, 5.74) is 3.78. The molecule has 0 saturated heterocycles. The molecule has 0 amide bonds. The van der Waals surface area contributed by atoms with E-state index in [1.807, 2.05) is 49.4 Å². The molecule has 0 atom stereocenters. The van der Waals surface area contributed by atoms with Crippen LogP contribution in [0.1, 0.15) is 12.1 Å². The average Bonchev–Trinajstić information content (AvgIpc) is 2.54. The van der Waals surface area contributed by atoms with Crippen molar-refractivity contribution < 1.29 is 4.74 Å². The quantitative estimate of drug-likeness (QED) is 0.435. The highest BCUT2D eigenvalue weighted by molar-refractivity contribution is 6.31. The Labute approximate surface area is 151 Å². The number of pyridine rings is 1. The van der Waals surface area contributed by atoms with Crippen molar-refractivity contribution in [3.8, 4) is 5.75 Å². The highest BCUT2D eigenvalue weighted by Crippen LogP contribution is 2.30. The highest BCUT2D eigenvalue weighted by atomic mass is 35.5. The number of aryl methyl sites for hydroxylation is 1. The molecule has 1 aromatic heterocycles. The van der Waals surface area contributed by atoms with Crippen LogP contribution in [0.4, 0.5) is 11.4 Å². The van der Waals surface area contributed by atoms with Gasteiger partial charge >= 0.3 is 0 Å². The van der Waals surface area contributed by atoms with Crippen LogP contribution in [0.3, 0.4) is 0 Å². The number of para-hydroxylation sites is 1. The molecule has 3 rings (SSSR count). The number of ether oxygens (including phenoxy) is 1. The summed E-state index contributed by atoms with van der Waals surface area (Å²) in [5.74, 6) is 1.30. The average molecular weight is 361 g/mol. The molecule has 0 spiro atoms. The van der Waals surface area contributed by atoms with Gasteiger partial charge in [-0.05, 0) is 37.6 Å². The number of hydrogen-bond acceptors (Lipinski definition) is 3. The number of aromatic nitrogens is 1. The smallest absolute Gasteiger partial charge is 0.122 e. The molecule has 0 radical (unpaired) electrons. The molecule has 24 heavy (non-hydrogen) atoms. The van der Waals surface area contributed by atoms with Gasteiger partial charge in [-0.1, -0.05) is 29.8 Å². The zero-order chi connectivity index (χ0) is 16.9. The Hall–Kier alpha value is -1.97. The maximum atomic E-state index is 6.22. The maximum Gasteiger partial charge on any atom is 0.122 e. The lowest BCUT2D eigenvalue weighted by atomic mass is 10.1. The van der Waals surface area contributed by atoms with Crippen molar-refractivity contribution >= 4 is 45.5 Å². The number of halogens is 2. The predicted octanol–water partition coefficient (Wildman–Crippen LogP) is 5.95. The van der Waals surface area contributed by atoms with Gasteiger partial charge in [0.2, 0.25) is 0 Å². The predicted molar refractivity (Wildman–Crippen MR) is 102 cm³/mol. The van der Waals surface area contributed by atoms with Crippen LogP contribution in [-0.4, -0.2) is 17.5 Å². The Morgan fingerprint density at radius 2 is 1.96 bits per heavy atom. The van der Waals surface area contributed by atoms with Crippen molar-refractivity contribution in [2.24, 2.45) is 0 Å². The van der Waals surface area contributed by atoms with Crippen LogP contribution in [0.25, 0.3) is 10.9 Å². The van der Waals surface area contributed by atoms with E-state index < -0.39 is 0 Å². The molecule has 5 heteroatoms. The van der Waals surface area contributed by atoms with Crippen LogP contribution < -0.4 is 10.1 Å². The summed E-state index contributed by atoms with van der Waals surface area (Å²) in [4.78, 5) is 4.56. The van der Waals surface area contributed by atoms with Gasteiger partial charge in [0.1, 0.15) is 5.75 Å². The number of benzene rings is 2. The maximum absolute atomic E-state index is 6.22. The summed E-state index contributed by atoms with van der Waals surface area (Å²) in [5, 5.41) is 5.11. The van der Waals surface area contributed by atoms with Crippen LogP contribution >= 0.6 is 23.2 Å². The van der Waals surface area contributed by atoms with Crippen LogP contribution in [0.15, 0.2) is 48.5 Å². The number of anilines is 2. The number of nitrogens with zero attached hydrogens (tertiary/aromatic N) is 1. The number of fused-ring (bicyclic) bond motifs is 1. The Bertz CT molecular complexity index is 852. The first-order valence-electron chi connectivity index (χ1n) is 7.78. The van der Waals surface area contributed by atoms with E-state index in [0.29, 0.717) is 17.5 Å². The zero-order valence-corrected chi connectivity index (χ0v) is 14.9. The molecule has 3 aromatic rings. The third kappa shape index (κ3) is 4.11. The third-order valence-corrected chi connectivity index (χ3v) is 4.03. The SMILES string of the molecule is Cc1cc(Nc2cc(Cl)cc(OCCCCl)c2)c2ccccc2n1. The molecule has 2 aromatic carbocycles. The Balaban J connectivity index is 1.91. The van der Waals surface area contributed by atoms with Gasteiger partial charge in [-0.15, -0.1) is 11.6 Å². The number of nitrogens with one attached hydrogen (secondary N) is 1. The van der Waals surface area contributed by atoms with Crippen molar-refractivity contribution in [3.05, 3.63) is 59.2 Å². The lowest BCUT2D eigenvalue weighted by molar-refractivity contribution is 0.318. The molecule has 3 nitrogen and oxygen atoms in total. The summed E-state index contributed by atoms with van der Waals surface area (Å²) in [7, 11) is 0. The number of alkyl halides is 1. The molecule has 0 fully saturated rings. The fourth-order valence-corrected chi connectivity index (χ4v) is 2.86. The molecule has 124 valence electrons. The summed E-state index contributed by atoms with van der Waals surface area (Å²) in [6.07, 6.45) is 0.797. The Kier molecular flexibility index (Phi) is 5.44. The molecular weight excluding hydrogens is 343 g/mol. The normalized spacial score (nSPS) is 10.8. The van der Waals surface area contributed by atoms with E-state index in [4.69, 9.17) is 27.9 Å². The lowest BCUT2D eigenvalue weighted by Crippen LogP contribution is -1.99. The molecule has 1 N–H and O–H groups in total. The van der Waals surface area contributed by atoms with Crippen LogP contribution in [0, 0.1) is 6.92 Å².